The van der Waals surface area contributed by atoms with Gasteiger partial charge in [-0.1, -0.05) is 49.2 Å². The van der Waals surface area contributed by atoms with Crippen molar-refractivity contribution in [3.63, 3.8) is 0 Å². The lowest BCUT2D eigenvalue weighted by Gasteiger charge is -2.25. The summed E-state index contributed by atoms with van der Waals surface area (Å²) in [7, 11) is -2.08. The van der Waals surface area contributed by atoms with E-state index in [1.807, 2.05) is 20.8 Å². The minimum Gasteiger partial charge on any atom is -0.501 e. The van der Waals surface area contributed by atoms with Crippen molar-refractivity contribution in [1.82, 2.24) is 0 Å². The second-order valence-electron chi connectivity index (χ2n) is 4.49. The second kappa shape index (κ2) is 8.31. The molecule has 0 N–H and O–H groups in total. The molecule has 2 amide bonds. The van der Waals surface area contributed by atoms with Crippen LogP contribution < -0.4 is 4.74 Å². The highest BCUT2D eigenvalue weighted by molar-refractivity contribution is 6.74. The molecule has 0 aliphatic rings. The van der Waals surface area contributed by atoms with Gasteiger partial charge >= 0.3 is 12.2 Å². The van der Waals surface area contributed by atoms with Crippen molar-refractivity contribution < 1.29 is 18.8 Å². The third kappa shape index (κ3) is 5.47. The molecule has 0 saturated heterocycles. The molecule has 0 aliphatic heterocycles. The summed E-state index contributed by atoms with van der Waals surface area (Å²) in [5.74, 6) is 0.342. The van der Waals surface area contributed by atoms with Crippen LogP contribution in [0, 0.1) is 0 Å². The average Bonchev–Trinajstić information content (AvgIpc) is 2.52. The van der Waals surface area contributed by atoms with E-state index in [9.17, 15) is 9.59 Å². The zero-order chi connectivity index (χ0) is 15.7. The quantitative estimate of drug-likeness (QED) is 0.579. The fourth-order valence-corrected chi connectivity index (χ4v) is 4.21. The minimum atomic E-state index is -2.08. The van der Waals surface area contributed by atoms with E-state index in [1.165, 1.54) is 0 Å². The summed E-state index contributed by atoms with van der Waals surface area (Å²) in [6.45, 7) is 5.98. The van der Waals surface area contributed by atoms with Crippen LogP contribution in [0.1, 0.15) is 20.8 Å². The van der Waals surface area contributed by atoms with Gasteiger partial charge in [0, 0.05) is 0 Å². The third-order valence-corrected chi connectivity index (χ3v) is 7.87. The Morgan fingerprint density at radius 2 is 1.48 bits per heavy atom. The largest absolute Gasteiger partial charge is 0.501 e. The van der Waals surface area contributed by atoms with Crippen molar-refractivity contribution in [2.24, 2.45) is 10.2 Å². The molecule has 0 radical (unpaired) electrons. The Balaban J connectivity index is 2.55. The topological polar surface area (TPSA) is 77.3 Å². The lowest BCUT2D eigenvalue weighted by atomic mass is 10.3. The monoisotopic (exact) mass is 308 g/mol. The van der Waals surface area contributed by atoms with Gasteiger partial charge < -0.3 is 9.16 Å². The maximum absolute atomic E-state index is 11.6. The first kappa shape index (κ1) is 17.0. The molecular formula is C14H20N2O4Si. The standard InChI is InChI=1S/C14H20N2O4Si/c1-4-21(5-2,6-3)20-14(18)16-15-13(17)19-12-10-8-7-9-11-12/h7-11H,4-6H2,1-3H3/b16-15+. The van der Waals surface area contributed by atoms with Gasteiger partial charge in [0.2, 0.25) is 0 Å². The third-order valence-electron chi connectivity index (χ3n) is 3.40. The number of hydrogen-bond acceptors (Lipinski definition) is 4. The Morgan fingerprint density at radius 1 is 0.952 bits per heavy atom. The Morgan fingerprint density at radius 3 is 2.00 bits per heavy atom. The van der Waals surface area contributed by atoms with Crippen molar-refractivity contribution in [3.8, 4) is 5.75 Å². The van der Waals surface area contributed by atoms with Gasteiger partial charge in [-0.15, -0.1) is 0 Å². The van der Waals surface area contributed by atoms with Crippen LogP contribution in [-0.4, -0.2) is 20.5 Å². The van der Waals surface area contributed by atoms with Gasteiger partial charge in [-0.05, 0) is 30.3 Å². The van der Waals surface area contributed by atoms with Crippen LogP contribution in [0.5, 0.6) is 5.75 Å². The number of amides is 2. The smallest absolute Gasteiger partial charge is 0.458 e. The van der Waals surface area contributed by atoms with E-state index in [4.69, 9.17) is 9.16 Å². The number of nitrogens with zero attached hydrogens (tertiary/aromatic N) is 2. The molecule has 0 heterocycles. The minimum absolute atomic E-state index is 0.342. The summed E-state index contributed by atoms with van der Waals surface area (Å²) in [4.78, 5) is 23.0. The van der Waals surface area contributed by atoms with Crippen LogP contribution in [0.2, 0.25) is 18.1 Å². The summed E-state index contributed by atoms with van der Waals surface area (Å²) in [5.41, 5.74) is 0. The molecule has 0 aromatic heterocycles. The molecule has 6 nitrogen and oxygen atoms in total. The van der Waals surface area contributed by atoms with E-state index in [0.717, 1.165) is 18.1 Å². The molecular weight excluding hydrogens is 288 g/mol. The maximum atomic E-state index is 11.6. The lowest BCUT2D eigenvalue weighted by molar-refractivity contribution is 0.198. The summed E-state index contributed by atoms with van der Waals surface area (Å²) < 4.78 is 10.3. The van der Waals surface area contributed by atoms with Crippen molar-refractivity contribution >= 4 is 20.5 Å². The predicted molar refractivity (Wildman–Crippen MR) is 81.0 cm³/mol. The number of hydrogen-bond donors (Lipinski definition) is 0. The van der Waals surface area contributed by atoms with Crippen LogP contribution in [0.4, 0.5) is 9.59 Å². The van der Waals surface area contributed by atoms with Gasteiger partial charge in [-0.25, -0.2) is 9.59 Å². The highest BCUT2D eigenvalue weighted by Gasteiger charge is 2.32. The second-order valence-corrected chi connectivity index (χ2v) is 9.18. The van der Waals surface area contributed by atoms with Gasteiger partial charge in [0.15, 0.2) is 0 Å². The zero-order valence-corrected chi connectivity index (χ0v) is 13.5. The van der Waals surface area contributed by atoms with E-state index >= 15 is 0 Å². The molecule has 0 aliphatic carbocycles. The SMILES string of the molecule is CC[Si](CC)(CC)OC(=O)/N=N/C(=O)Oc1ccccc1. The number of ether oxygens (including phenoxy) is 1. The molecule has 114 valence electrons. The van der Waals surface area contributed by atoms with E-state index in [2.05, 4.69) is 10.2 Å². The Labute approximate surface area is 125 Å². The van der Waals surface area contributed by atoms with E-state index in [1.54, 1.807) is 30.3 Å². The molecule has 0 atom stereocenters. The van der Waals surface area contributed by atoms with Crippen molar-refractivity contribution in [2.75, 3.05) is 0 Å². The first-order valence-corrected chi connectivity index (χ1v) is 9.49. The van der Waals surface area contributed by atoms with Crippen LogP contribution in [-0.2, 0) is 4.43 Å². The summed E-state index contributed by atoms with van der Waals surface area (Å²) >= 11 is 0. The van der Waals surface area contributed by atoms with Gasteiger partial charge in [0.1, 0.15) is 5.75 Å². The number of para-hydroxylation sites is 1. The van der Waals surface area contributed by atoms with E-state index in [0.29, 0.717) is 5.75 Å². The van der Waals surface area contributed by atoms with Gasteiger partial charge in [0.05, 0.1) is 0 Å². The lowest BCUT2D eigenvalue weighted by Crippen LogP contribution is -2.37. The highest BCUT2D eigenvalue weighted by atomic mass is 28.4. The van der Waals surface area contributed by atoms with Crippen LogP contribution >= 0.6 is 0 Å². The molecule has 0 unspecified atom stereocenters. The van der Waals surface area contributed by atoms with Crippen molar-refractivity contribution in [1.29, 1.82) is 0 Å². The number of azo groups is 1. The van der Waals surface area contributed by atoms with Gasteiger partial charge in [-0.3, -0.25) is 0 Å². The van der Waals surface area contributed by atoms with Crippen LogP contribution in [0.25, 0.3) is 0 Å². The average molecular weight is 308 g/mol. The summed E-state index contributed by atoms with van der Waals surface area (Å²) in [5, 5.41) is 6.49. The van der Waals surface area contributed by atoms with E-state index < -0.39 is 20.5 Å². The first-order chi connectivity index (χ1) is 10.0. The highest BCUT2D eigenvalue weighted by Crippen LogP contribution is 2.22. The van der Waals surface area contributed by atoms with Gasteiger partial charge in [0.25, 0.3) is 8.32 Å². The molecule has 7 heteroatoms. The molecule has 21 heavy (non-hydrogen) atoms. The molecule has 0 fully saturated rings. The zero-order valence-electron chi connectivity index (χ0n) is 12.5. The summed E-state index contributed by atoms with van der Waals surface area (Å²) in [6, 6.07) is 10.9. The molecule has 1 rings (SSSR count). The molecule has 0 spiro atoms. The van der Waals surface area contributed by atoms with Crippen LogP contribution in [0.15, 0.2) is 40.6 Å². The molecule has 0 bridgehead atoms. The number of carbonyl (C=O) groups excluding carboxylic acids is 2. The number of rotatable bonds is 5. The molecule has 1 aromatic carbocycles. The Hall–Kier alpha value is -2.02. The van der Waals surface area contributed by atoms with Crippen LogP contribution in [0.3, 0.4) is 0 Å². The van der Waals surface area contributed by atoms with E-state index in [-0.39, 0.29) is 0 Å². The number of carbonyl (C=O) groups is 2. The molecule has 1 aromatic rings. The van der Waals surface area contributed by atoms with Crippen molar-refractivity contribution in [3.05, 3.63) is 30.3 Å². The van der Waals surface area contributed by atoms with Gasteiger partial charge in [-0.2, -0.15) is 0 Å². The first-order valence-electron chi connectivity index (χ1n) is 6.96. The Bertz CT molecular complexity index is 493. The van der Waals surface area contributed by atoms with Crippen molar-refractivity contribution in [2.45, 2.75) is 38.9 Å². The predicted octanol–water partition coefficient (Wildman–Crippen LogP) is 4.78. The molecule has 0 saturated carbocycles. The maximum Gasteiger partial charge on any atom is 0.458 e. The fraction of sp³-hybridized carbons (Fsp3) is 0.429. The number of benzene rings is 1. The fourth-order valence-electron chi connectivity index (χ4n) is 1.86. The normalized spacial score (nSPS) is 11.4. The Kier molecular flexibility index (Phi) is 6.74. The summed E-state index contributed by atoms with van der Waals surface area (Å²) in [6.07, 6.45) is -1.77.